The fourth-order valence-electron chi connectivity index (χ4n) is 6.41. The van der Waals surface area contributed by atoms with Crippen molar-refractivity contribution in [2.45, 2.75) is 57.7 Å². The van der Waals surface area contributed by atoms with Crippen molar-refractivity contribution in [3.05, 3.63) is 137 Å². The Morgan fingerprint density at radius 2 is 1.33 bits per heavy atom. The Morgan fingerprint density at radius 3 is 2.05 bits per heavy atom. The zero-order chi connectivity index (χ0) is 43.3. The number of carbonyl (C=O) groups excluding carboxylic acids is 5. The molecule has 1 atom stereocenters. The Morgan fingerprint density at radius 1 is 0.705 bits per heavy atom. The van der Waals surface area contributed by atoms with Crippen molar-refractivity contribution in [3.8, 4) is 28.7 Å². The van der Waals surface area contributed by atoms with Gasteiger partial charge >= 0.3 is 23.9 Å². The molecule has 6 rings (SSSR count). The van der Waals surface area contributed by atoms with Gasteiger partial charge in [0.2, 0.25) is 5.83 Å². The Hall–Kier alpha value is -6.77. The Bertz CT molecular complexity index is 2420. The van der Waals surface area contributed by atoms with E-state index in [0.29, 0.717) is 17.4 Å². The number of aldehydes is 1. The molecule has 1 aliphatic rings. The van der Waals surface area contributed by atoms with Crippen molar-refractivity contribution in [1.82, 2.24) is 0 Å². The molecule has 61 heavy (non-hydrogen) atoms. The highest BCUT2D eigenvalue weighted by atomic mass is 19.1. The van der Waals surface area contributed by atoms with Crippen molar-refractivity contribution < 1.29 is 65.9 Å². The maximum Gasteiger partial charge on any atom is 0.371 e. The minimum Gasteiger partial charge on any atom is -0.493 e. The third kappa shape index (κ3) is 11.7. The molecule has 0 aromatic heterocycles. The quantitative estimate of drug-likeness (QED) is 0.0272. The van der Waals surface area contributed by atoms with Crippen molar-refractivity contribution >= 4 is 40.9 Å². The molecule has 1 unspecified atom stereocenters. The predicted octanol–water partition coefficient (Wildman–Crippen LogP) is 9.49. The van der Waals surface area contributed by atoms with Crippen LogP contribution in [0.5, 0.6) is 28.7 Å². The topological polar surface area (TPSA) is 150 Å². The molecule has 0 aliphatic carbocycles. The van der Waals surface area contributed by atoms with E-state index in [4.69, 9.17) is 33.2 Å². The molecule has 14 heteroatoms. The van der Waals surface area contributed by atoms with E-state index in [2.05, 4.69) is 6.58 Å². The molecular weight excluding hydrogens is 795 g/mol. The molecule has 1 aliphatic heterocycles. The summed E-state index contributed by atoms with van der Waals surface area (Å²) >= 11 is 0. The molecule has 0 saturated carbocycles. The standard InChI is InChI=1S/C47H42F2O12/c1-29(48)44(51)58-36-19-17-32-25-34(16-15-33(32)26-36)46(53)60-39-20-18-35(27-41(39)55-2)47(54)59-38-21-22-40(43(49)37(38)28-50)61-45(52)31-13-11-30(12-14-31)9-5-3-4-7-23-56-42-10-6-8-24-57-42/h11-22,25-28,42H,1,3-10,23-24H2,2H3. The van der Waals surface area contributed by atoms with Crippen LogP contribution in [0.25, 0.3) is 10.8 Å². The third-order valence-electron chi connectivity index (χ3n) is 9.70. The van der Waals surface area contributed by atoms with Crippen LogP contribution in [0.1, 0.15) is 91.9 Å². The average molecular weight is 837 g/mol. The number of fused-ring (bicyclic) bond motifs is 1. The lowest BCUT2D eigenvalue weighted by Gasteiger charge is -2.22. The molecular formula is C47H42F2O12. The van der Waals surface area contributed by atoms with Crippen LogP contribution in [0.3, 0.4) is 0 Å². The zero-order valence-corrected chi connectivity index (χ0v) is 33.2. The second-order valence-corrected chi connectivity index (χ2v) is 14.0. The van der Waals surface area contributed by atoms with E-state index in [1.54, 1.807) is 24.3 Å². The van der Waals surface area contributed by atoms with Crippen molar-refractivity contribution in [2.75, 3.05) is 20.3 Å². The van der Waals surface area contributed by atoms with Gasteiger partial charge in [-0.25, -0.2) is 23.6 Å². The molecule has 5 aromatic rings. The van der Waals surface area contributed by atoms with Gasteiger partial charge in [0.15, 0.2) is 35.6 Å². The van der Waals surface area contributed by atoms with Gasteiger partial charge in [-0.1, -0.05) is 43.7 Å². The molecule has 0 radical (unpaired) electrons. The van der Waals surface area contributed by atoms with Crippen LogP contribution in [0.4, 0.5) is 8.78 Å². The van der Waals surface area contributed by atoms with Gasteiger partial charge in [0.1, 0.15) is 11.5 Å². The molecule has 12 nitrogen and oxygen atoms in total. The average Bonchev–Trinajstić information content (AvgIpc) is 3.27. The molecule has 5 aromatic carbocycles. The summed E-state index contributed by atoms with van der Waals surface area (Å²) in [5.74, 6) is -7.25. The summed E-state index contributed by atoms with van der Waals surface area (Å²) in [4.78, 5) is 62.6. The first kappa shape index (κ1) is 43.8. The van der Waals surface area contributed by atoms with Crippen LogP contribution >= 0.6 is 0 Å². The van der Waals surface area contributed by atoms with Gasteiger partial charge < -0.3 is 33.2 Å². The lowest BCUT2D eigenvalue weighted by molar-refractivity contribution is -0.162. The van der Waals surface area contributed by atoms with Gasteiger partial charge in [-0.05, 0) is 122 Å². The number of carbonyl (C=O) groups is 5. The summed E-state index contributed by atoms with van der Waals surface area (Å²) in [6.07, 6.45) is 8.08. The second-order valence-electron chi connectivity index (χ2n) is 14.0. The molecule has 0 bridgehead atoms. The van der Waals surface area contributed by atoms with Gasteiger partial charge in [0, 0.05) is 13.2 Å². The van der Waals surface area contributed by atoms with Crippen LogP contribution in [0.2, 0.25) is 0 Å². The van der Waals surface area contributed by atoms with E-state index < -0.39 is 52.6 Å². The maximum atomic E-state index is 15.5. The maximum absolute atomic E-state index is 15.5. The molecule has 316 valence electrons. The number of hydrogen-bond acceptors (Lipinski definition) is 12. The Balaban J connectivity index is 1.01. The highest BCUT2D eigenvalue weighted by Crippen LogP contribution is 2.33. The van der Waals surface area contributed by atoms with E-state index in [9.17, 15) is 28.4 Å². The zero-order valence-electron chi connectivity index (χ0n) is 33.2. The van der Waals surface area contributed by atoms with Gasteiger partial charge in [0.25, 0.3) is 0 Å². The van der Waals surface area contributed by atoms with E-state index in [-0.39, 0.29) is 46.5 Å². The Labute approximate surface area is 349 Å². The number of ether oxygens (including phenoxy) is 7. The molecule has 1 fully saturated rings. The summed E-state index contributed by atoms with van der Waals surface area (Å²) in [6.45, 7) is 4.35. The van der Waals surface area contributed by atoms with Gasteiger partial charge in [0.05, 0.1) is 29.4 Å². The van der Waals surface area contributed by atoms with E-state index in [1.165, 1.54) is 49.6 Å². The first-order valence-electron chi connectivity index (χ1n) is 19.6. The SMILES string of the molecule is C=C(F)C(=O)Oc1ccc2cc(C(=O)Oc3ccc(C(=O)Oc4ccc(OC(=O)c5ccc(CCCCCCOC6CCCCO6)cc5)c(F)c4C=O)cc3OC)ccc2c1. The monoisotopic (exact) mass is 836 g/mol. The van der Waals surface area contributed by atoms with Crippen LogP contribution in [-0.4, -0.2) is 56.8 Å². The summed E-state index contributed by atoms with van der Waals surface area (Å²) < 4.78 is 66.2. The number of aryl methyl sites for hydroxylation is 1. The van der Waals surface area contributed by atoms with Crippen molar-refractivity contribution in [3.63, 3.8) is 0 Å². The number of esters is 4. The van der Waals surface area contributed by atoms with E-state index in [1.807, 2.05) is 12.1 Å². The molecule has 0 N–H and O–H groups in total. The van der Waals surface area contributed by atoms with Crippen LogP contribution in [0, 0.1) is 5.82 Å². The van der Waals surface area contributed by atoms with Crippen molar-refractivity contribution in [2.24, 2.45) is 0 Å². The fraction of sp³-hybridized carbons (Fsp3) is 0.255. The summed E-state index contributed by atoms with van der Waals surface area (Å²) in [6, 6.07) is 21.8. The highest BCUT2D eigenvalue weighted by Gasteiger charge is 2.23. The Kier molecular flexibility index (Phi) is 15.1. The smallest absolute Gasteiger partial charge is 0.371 e. The first-order chi connectivity index (χ1) is 29.5. The number of hydrogen-bond donors (Lipinski definition) is 0. The number of methoxy groups -OCH3 is 1. The molecule has 0 spiro atoms. The van der Waals surface area contributed by atoms with E-state index >= 15 is 4.39 Å². The van der Waals surface area contributed by atoms with Crippen molar-refractivity contribution in [1.29, 1.82) is 0 Å². The minimum atomic E-state index is -1.24. The highest BCUT2D eigenvalue weighted by molar-refractivity contribution is 5.98. The predicted molar refractivity (Wildman–Crippen MR) is 218 cm³/mol. The molecule has 0 amide bonds. The normalized spacial score (nSPS) is 13.5. The lowest BCUT2D eigenvalue weighted by Crippen LogP contribution is -2.22. The lowest BCUT2D eigenvalue weighted by atomic mass is 10.0. The molecule has 1 saturated heterocycles. The van der Waals surface area contributed by atoms with E-state index in [0.717, 1.165) is 75.7 Å². The first-order valence-corrected chi connectivity index (χ1v) is 19.6. The number of halogens is 2. The van der Waals surface area contributed by atoms with Crippen LogP contribution < -0.4 is 23.7 Å². The number of rotatable bonds is 18. The number of benzene rings is 5. The minimum absolute atomic E-state index is 0.0244. The van der Waals surface area contributed by atoms with Crippen LogP contribution in [-0.2, 0) is 20.7 Å². The largest absolute Gasteiger partial charge is 0.493 e. The van der Waals surface area contributed by atoms with Gasteiger partial charge in [-0.15, -0.1) is 0 Å². The summed E-state index contributed by atoms with van der Waals surface area (Å²) in [7, 11) is 1.28. The third-order valence-corrected chi connectivity index (χ3v) is 9.70. The summed E-state index contributed by atoms with van der Waals surface area (Å²) in [5, 5.41) is 1.17. The van der Waals surface area contributed by atoms with Gasteiger partial charge in [-0.3, -0.25) is 4.79 Å². The number of unbranched alkanes of at least 4 members (excludes halogenated alkanes) is 3. The fourth-order valence-corrected chi connectivity index (χ4v) is 6.41. The molecule has 1 heterocycles. The summed E-state index contributed by atoms with van der Waals surface area (Å²) in [5.41, 5.74) is 0.611. The van der Waals surface area contributed by atoms with Crippen LogP contribution in [0.15, 0.2) is 103 Å². The second kappa shape index (κ2) is 21.0. The van der Waals surface area contributed by atoms with Gasteiger partial charge in [-0.2, -0.15) is 4.39 Å².